The lowest BCUT2D eigenvalue weighted by Crippen LogP contribution is -2.49. The normalized spacial score (nSPS) is 19.1. The van der Waals surface area contributed by atoms with Gasteiger partial charge in [-0.05, 0) is 73.3 Å². The lowest BCUT2D eigenvalue weighted by atomic mass is 9.87. The number of benzene rings is 2. The first-order chi connectivity index (χ1) is 18.7. The maximum absolute atomic E-state index is 14.1. The Balaban J connectivity index is 1.79. The van der Waals surface area contributed by atoms with Crippen LogP contribution in [-0.4, -0.2) is 51.4 Å². The fourth-order valence-electron chi connectivity index (χ4n) is 4.61. The Morgan fingerprint density at radius 3 is 2.42 bits per heavy atom. The third-order valence-electron chi connectivity index (χ3n) is 7.83. The van der Waals surface area contributed by atoms with Crippen molar-refractivity contribution in [3.05, 3.63) is 64.2 Å². The van der Waals surface area contributed by atoms with Gasteiger partial charge in [-0.1, -0.05) is 38.8 Å². The van der Waals surface area contributed by atoms with Gasteiger partial charge in [0.25, 0.3) is 5.69 Å². The first-order valence-electron chi connectivity index (χ1n) is 13.2. The van der Waals surface area contributed by atoms with E-state index < -0.39 is 29.3 Å². The molecule has 0 fully saturated rings. The van der Waals surface area contributed by atoms with Crippen LogP contribution in [0.15, 0.2) is 53.4 Å². The minimum Gasteiger partial charge on any atom is -0.454 e. The van der Waals surface area contributed by atoms with Gasteiger partial charge in [0, 0.05) is 12.1 Å². The molecule has 0 spiro atoms. The molecule has 0 unspecified atom stereocenters. The van der Waals surface area contributed by atoms with E-state index in [0.717, 1.165) is 11.1 Å². The predicted octanol–water partition coefficient (Wildman–Crippen LogP) is 5.97. The lowest BCUT2D eigenvalue weighted by molar-refractivity contribution is -0.384. The maximum atomic E-state index is 14.1. The van der Waals surface area contributed by atoms with Crippen molar-refractivity contribution in [1.29, 1.82) is 0 Å². The van der Waals surface area contributed by atoms with E-state index in [1.54, 1.807) is 6.92 Å². The van der Waals surface area contributed by atoms with Gasteiger partial charge in [0.15, 0.2) is 19.8 Å². The zero-order valence-electron chi connectivity index (χ0n) is 23.8. The summed E-state index contributed by atoms with van der Waals surface area (Å²) in [5.74, 6) is 7.00. The molecule has 0 saturated carbocycles. The summed E-state index contributed by atoms with van der Waals surface area (Å²) in [4.78, 5) is 10.6. The van der Waals surface area contributed by atoms with Crippen molar-refractivity contribution in [2.45, 2.75) is 75.7 Å². The van der Waals surface area contributed by atoms with Gasteiger partial charge in [-0.2, -0.15) is 4.31 Å². The van der Waals surface area contributed by atoms with Crippen LogP contribution in [0.2, 0.25) is 18.1 Å². The Labute approximate surface area is 237 Å². The summed E-state index contributed by atoms with van der Waals surface area (Å²) in [6.45, 7) is 12.7. The minimum absolute atomic E-state index is 0.0119. The highest BCUT2D eigenvalue weighted by molar-refractivity contribution is 7.89. The topological polar surface area (TPSA) is 108 Å². The van der Waals surface area contributed by atoms with E-state index in [1.807, 2.05) is 18.2 Å². The summed E-state index contributed by atoms with van der Waals surface area (Å²) in [7, 11) is -6.25. The van der Waals surface area contributed by atoms with E-state index in [9.17, 15) is 18.5 Å². The summed E-state index contributed by atoms with van der Waals surface area (Å²) in [6, 6.07) is 9.97. The van der Waals surface area contributed by atoms with Crippen LogP contribution >= 0.6 is 0 Å². The summed E-state index contributed by atoms with van der Waals surface area (Å²) >= 11 is 0. The molecule has 0 amide bonds. The van der Waals surface area contributed by atoms with Crippen LogP contribution < -0.4 is 9.47 Å². The molecule has 2 atom stereocenters. The van der Waals surface area contributed by atoms with Crippen molar-refractivity contribution >= 4 is 29.6 Å². The van der Waals surface area contributed by atoms with Crippen LogP contribution in [0.25, 0.3) is 5.57 Å². The molecule has 2 aromatic carbocycles. The number of ether oxygens (including phenoxy) is 2. The molecule has 4 rings (SSSR count). The van der Waals surface area contributed by atoms with Crippen molar-refractivity contribution in [2.24, 2.45) is 0 Å². The van der Waals surface area contributed by atoms with E-state index in [4.69, 9.17) is 13.9 Å². The van der Waals surface area contributed by atoms with E-state index in [2.05, 4.69) is 51.8 Å². The molecule has 1 aliphatic carbocycles. The Morgan fingerprint density at radius 1 is 1.12 bits per heavy atom. The van der Waals surface area contributed by atoms with Gasteiger partial charge in [-0.15, -0.1) is 5.92 Å². The number of nitro benzene ring substituents is 1. The molecule has 1 heterocycles. The largest absolute Gasteiger partial charge is 0.454 e. The molecular weight excluding hydrogens is 548 g/mol. The standard InChI is InChI=1S/C29H36N2O7SSi/c1-7-8-17-30(39(34,35)24-13-10-22(11-14-24)31(32)33)26-19-23(38-40(5,6)29(2,3)4)12-15-25(26)21-9-16-27-28(18-21)37-20-36-27/h9-11,13-16,18,23,26H,12,17,19-20H2,1-6H3/t23-,26-/m1/s1. The second kappa shape index (κ2) is 11.4. The smallest absolute Gasteiger partial charge is 0.269 e. The Bertz CT molecular complexity index is 1470. The number of sulfonamides is 1. The van der Waals surface area contributed by atoms with Gasteiger partial charge in [-0.3, -0.25) is 10.1 Å². The van der Waals surface area contributed by atoms with Gasteiger partial charge >= 0.3 is 0 Å². The fraction of sp³-hybridized carbons (Fsp3) is 0.448. The van der Waals surface area contributed by atoms with Crippen LogP contribution in [0.3, 0.4) is 0 Å². The van der Waals surface area contributed by atoms with Crippen LogP contribution in [0, 0.1) is 22.0 Å². The number of hydrogen-bond acceptors (Lipinski definition) is 7. The van der Waals surface area contributed by atoms with Gasteiger partial charge in [0.2, 0.25) is 16.8 Å². The van der Waals surface area contributed by atoms with Crippen molar-refractivity contribution < 1.29 is 27.2 Å². The van der Waals surface area contributed by atoms with E-state index in [-0.39, 0.29) is 35.1 Å². The number of fused-ring (bicyclic) bond motifs is 1. The molecule has 214 valence electrons. The van der Waals surface area contributed by atoms with Gasteiger partial charge in [-0.25, -0.2) is 8.42 Å². The van der Waals surface area contributed by atoms with Crippen molar-refractivity contribution in [2.75, 3.05) is 13.3 Å². The Hall–Kier alpha value is -3.17. The molecule has 1 aliphatic heterocycles. The van der Waals surface area contributed by atoms with Gasteiger partial charge in [0.1, 0.15) is 0 Å². The summed E-state index contributed by atoms with van der Waals surface area (Å²) in [6.07, 6.45) is 2.94. The van der Waals surface area contributed by atoms with Crippen LogP contribution in [0.1, 0.15) is 46.1 Å². The van der Waals surface area contributed by atoms with Gasteiger partial charge < -0.3 is 13.9 Å². The molecule has 0 bridgehead atoms. The number of nitro groups is 1. The molecule has 2 aliphatic rings. The first kappa shape index (κ1) is 29.8. The van der Waals surface area contributed by atoms with Gasteiger partial charge in [0.05, 0.1) is 28.5 Å². The fourth-order valence-corrected chi connectivity index (χ4v) is 7.51. The molecule has 0 radical (unpaired) electrons. The van der Waals surface area contributed by atoms with Crippen molar-refractivity contribution in [3.8, 4) is 23.3 Å². The monoisotopic (exact) mass is 584 g/mol. The second-order valence-corrected chi connectivity index (χ2v) is 18.1. The predicted molar refractivity (Wildman–Crippen MR) is 156 cm³/mol. The Kier molecular flexibility index (Phi) is 8.47. The summed E-state index contributed by atoms with van der Waals surface area (Å²) in [5, 5.41) is 11.2. The average molecular weight is 585 g/mol. The second-order valence-electron chi connectivity index (χ2n) is 11.4. The first-order valence-corrected chi connectivity index (χ1v) is 17.5. The molecule has 0 aromatic heterocycles. The quantitative estimate of drug-likeness (QED) is 0.163. The van der Waals surface area contributed by atoms with E-state index >= 15 is 0 Å². The van der Waals surface area contributed by atoms with Crippen LogP contribution in [0.5, 0.6) is 11.5 Å². The molecule has 40 heavy (non-hydrogen) atoms. The van der Waals surface area contributed by atoms with Crippen LogP contribution in [0.4, 0.5) is 5.69 Å². The van der Waals surface area contributed by atoms with E-state index in [1.165, 1.54) is 28.6 Å². The SMILES string of the molecule is CC#CCN([C@@H]1C[C@H](O[Si](C)(C)C(C)(C)C)CC=C1c1ccc2c(c1)OCO2)S(=O)(=O)c1ccc([N+](=O)[O-])cc1. The number of nitrogens with zero attached hydrogens (tertiary/aromatic N) is 2. The Morgan fingerprint density at radius 2 is 1.80 bits per heavy atom. The molecule has 11 heteroatoms. The minimum atomic E-state index is -4.10. The highest BCUT2D eigenvalue weighted by Gasteiger charge is 2.43. The highest BCUT2D eigenvalue weighted by atomic mass is 32.2. The molecule has 0 saturated heterocycles. The number of non-ortho nitro benzene ring substituents is 1. The zero-order valence-corrected chi connectivity index (χ0v) is 25.6. The molecule has 2 aromatic rings. The highest BCUT2D eigenvalue weighted by Crippen LogP contribution is 2.43. The van der Waals surface area contributed by atoms with Crippen molar-refractivity contribution in [1.82, 2.24) is 4.31 Å². The number of hydrogen-bond donors (Lipinski definition) is 0. The average Bonchev–Trinajstić information content (AvgIpc) is 3.36. The van der Waals surface area contributed by atoms with Crippen molar-refractivity contribution in [3.63, 3.8) is 0 Å². The molecule has 0 N–H and O–H groups in total. The maximum Gasteiger partial charge on any atom is 0.269 e. The number of rotatable bonds is 8. The summed E-state index contributed by atoms with van der Waals surface area (Å²) in [5.41, 5.74) is 1.48. The third kappa shape index (κ3) is 6.10. The molecular formula is C29H36N2O7SSi. The molecule has 9 nitrogen and oxygen atoms in total. The third-order valence-corrected chi connectivity index (χ3v) is 14.2. The van der Waals surface area contributed by atoms with Crippen LogP contribution in [-0.2, 0) is 14.4 Å². The zero-order chi connectivity index (χ0) is 29.3. The van der Waals surface area contributed by atoms with E-state index in [0.29, 0.717) is 24.3 Å². The summed E-state index contributed by atoms with van der Waals surface area (Å²) < 4.78 is 47.5. The lowest BCUT2D eigenvalue weighted by Gasteiger charge is -2.43.